The van der Waals surface area contributed by atoms with Gasteiger partial charge in [0, 0.05) is 18.5 Å². The first kappa shape index (κ1) is 11.9. The van der Waals surface area contributed by atoms with Crippen LogP contribution in [0, 0.1) is 0 Å². The van der Waals surface area contributed by atoms with Crippen LogP contribution in [-0.4, -0.2) is 23.2 Å². The largest absolute Gasteiger partial charge is 0.391 e. The van der Waals surface area contributed by atoms with E-state index in [1.54, 1.807) is 11.3 Å². The van der Waals surface area contributed by atoms with E-state index in [9.17, 15) is 5.11 Å². The number of anilines is 1. The summed E-state index contributed by atoms with van der Waals surface area (Å²) in [6, 6.07) is 0.672. The van der Waals surface area contributed by atoms with Crippen molar-refractivity contribution in [3.05, 3.63) is 10.6 Å². The maximum absolute atomic E-state index is 9.38. The summed E-state index contributed by atoms with van der Waals surface area (Å²) < 4.78 is 0. The summed E-state index contributed by atoms with van der Waals surface area (Å²) in [4.78, 5) is 7.96. The van der Waals surface area contributed by atoms with E-state index in [2.05, 4.69) is 32.7 Å². The molecule has 0 bridgehead atoms. The summed E-state index contributed by atoms with van der Waals surface area (Å²) >= 11 is 1.63. The van der Waals surface area contributed by atoms with E-state index >= 15 is 0 Å². The Morgan fingerprint density at radius 3 is 2.44 bits per heavy atom. The lowest BCUT2D eigenvalue weighted by molar-refractivity contribution is 0.282. The van der Waals surface area contributed by atoms with Crippen molar-refractivity contribution >= 4 is 16.5 Å². The van der Waals surface area contributed by atoms with Crippen molar-refractivity contribution in [2.24, 2.45) is 0 Å². The summed E-state index contributed by atoms with van der Waals surface area (Å²) in [6.07, 6.45) is 2.55. The second-order valence-corrected chi connectivity index (χ2v) is 6.58. The summed E-state index contributed by atoms with van der Waals surface area (Å²) in [5, 5.41) is 10.4. The lowest BCUT2D eigenvalue weighted by atomic mass is 9.91. The number of aliphatic hydroxyl groups is 1. The molecule has 16 heavy (non-hydrogen) atoms. The van der Waals surface area contributed by atoms with Gasteiger partial charge in [0.1, 0.15) is 0 Å². The lowest BCUT2D eigenvalue weighted by Crippen LogP contribution is -2.20. The Balaban J connectivity index is 2.31. The van der Waals surface area contributed by atoms with Gasteiger partial charge in [0.25, 0.3) is 0 Å². The van der Waals surface area contributed by atoms with Crippen molar-refractivity contribution in [2.45, 2.75) is 51.7 Å². The molecule has 2 rings (SSSR count). The molecule has 0 saturated heterocycles. The van der Waals surface area contributed by atoms with Crippen molar-refractivity contribution in [3.63, 3.8) is 0 Å². The number of thiazole rings is 1. The van der Waals surface area contributed by atoms with Gasteiger partial charge in [-0.1, -0.05) is 32.1 Å². The van der Waals surface area contributed by atoms with Crippen LogP contribution >= 0.6 is 11.3 Å². The van der Waals surface area contributed by atoms with E-state index < -0.39 is 0 Å². The highest BCUT2D eigenvalue weighted by atomic mass is 32.1. The number of hydrogen-bond donors (Lipinski definition) is 1. The van der Waals surface area contributed by atoms with Crippen molar-refractivity contribution in [1.82, 2.24) is 4.98 Å². The monoisotopic (exact) mass is 240 g/mol. The first-order valence-electron chi connectivity index (χ1n) is 5.77. The molecule has 0 amide bonds. The van der Waals surface area contributed by atoms with Crippen LogP contribution in [-0.2, 0) is 12.0 Å². The predicted octanol–water partition coefficient (Wildman–Crippen LogP) is 2.53. The van der Waals surface area contributed by atoms with Gasteiger partial charge in [-0.15, -0.1) is 0 Å². The predicted molar refractivity (Wildman–Crippen MR) is 68.2 cm³/mol. The van der Waals surface area contributed by atoms with E-state index in [-0.39, 0.29) is 12.0 Å². The summed E-state index contributed by atoms with van der Waals surface area (Å²) in [5.41, 5.74) is 1.06. The molecular weight excluding hydrogens is 220 g/mol. The highest BCUT2D eigenvalue weighted by Crippen LogP contribution is 2.37. The molecule has 1 aliphatic carbocycles. The maximum Gasteiger partial charge on any atom is 0.185 e. The molecule has 4 heteroatoms. The van der Waals surface area contributed by atoms with Crippen LogP contribution in [0.25, 0.3) is 0 Å². The minimum atomic E-state index is 0.0111. The number of hydrogen-bond acceptors (Lipinski definition) is 4. The summed E-state index contributed by atoms with van der Waals surface area (Å²) in [6.45, 7) is 6.52. The minimum absolute atomic E-state index is 0.0111. The molecule has 0 spiro atoms. The highest BCUT2D eigenvalue weighted by Gasteiger charge is 2.30. The average Bonchev–Trinajstić information content (AvgIpc) is 2.93. The molecule has 90 valence electrons. The van der Waals surface area contributed by atoms with E-state index in [4.69, 9.17) is 4.98 Å². The Morgan fingerprint density at radius 1 is 1.44 bits per heavy atom. The van der Waals surface area contributed by atoms with Crippen molar-refractivity contribution in [3.8, 4) is 0 Å². The zero-order valence-electron chi connectivity index (χ0n) is 10.4. The maximum atomic E-state index is 9.38. The van der Waals surface area contributed by atoms with Gasteiger partial charge in [0.15, 0.2) is 5.13 Å². The number of aromatic nitrogens is 1. The molecule has 1 N–H and O–H groups in total. The fraction of sp³-hybridized carbons (Fsp3) is 0.750. The smallest absolute Gasteiger partial charge is 0.185 e. The van der Waals surface area contributed by atoms with E-state index in [0.29, 0.717) is 6.04 Å². The van der Waals surface area contributed by atoms with Gasteiger partial charge >= 0.3 is 0 Å². The molecule has 1 saturated carbocycles. The van der Waals surface area contributed by atoms with Gasteiger partial charge in [-0.2, -0.15) is 0 Å². The van der Waals surface area contributed by atoms with Gasteiger partial charge in [-0.3, -0.25) is 0 Å². The standard InChI is InChI=1S/C12H20N2OS/c1-12(2,3)10-9(7-15)16-11(13-10)14(4)8-5-6-8/h8,15H,5-7H2,1-4H3. The Kier molecular flexibility index (Phi) is 2.97. The van der Waals surface area contributed by atoms with Crippen molar-refractivity contribution in [1.29, 1.82) is 0 Å². The lowest BCUT2D eigenvalue weighted by Gasteiger charge is -2.17. The highest BCUT2D eigenvalue weighted by molar-refractivity contribution is 7.15. The topological polar surface area (TPSA) is 36.4 Å². The number of nitrogens with zero attached hydrogens (tertiary/aromatic N) is 2. The van der Waals surface area contributed by atoms with Gasteiger partial charge in [0.2, 0.25) is 0 Å². The molecule has 0 atom stereocenters. The first-order valence-corrected chi connectivity index (χ1v) is 6.59. The van der Waals surface area contributed by atoms with Crippen molar-refractivity contribution < 1.29 is 5.11 Å². The fourth-order valence-electron chi connectivity index (χ4n) is 1.80. The molecule has 3 nitrogen and oxygen atoms in total. The van der Waals surface area contributed by atoms with Crippen LogP contribution in [0.1, 0.15) is 44.2 Å². The Morgan fingerprint density at radius 2 is 2.06 bits per heavy atom. The fourth-order valence-corrected chi connectivity index (χ4v) is 2.96. The van der Waals surface area contributed by atoms with Crippen LogP contribution in [0.5, 0.6) is 0 Å². The molecule has 1 aromatic rings. The second kappa shape index (κ2) is 4.00. The Hall–Kier alpha value is -0.610. The van der Waals surface area contributed by atoms with E-state index in [1.807, 2.05) is 0 Å². The first-order chi connectivity index (χ1) is 7.43. The van der Waals surface area contributed by atoms with Gasteiger partial charge in [0.05, 0.1) is 17.2 Å². The van der Waals surface area contributed by atoms with E-state index in [1.165, 1.54) is 12.8 Å². The Bertz CT molecular complexity index is 377. The van der Waals surface area contributed by atoms with Gasteiger partial charge in [-0.05, 0) is 12.8 Å². The molecule has 0 aliphatic heterocycles. The van der Waals surface area contributed by atoms with Crippen LogP contribution in [0.4, 0.5) is 5.13 Å². The van der Waals surface area contributed by atoms with Crippen molar-refractivity contribution in [2.75, 3.05) is 11.9 Å². The van der Waals surface area contributed by atoms with Crippen LogP contribution in [0.2, 0.25) is 0 Å². The third-order valence-electron chi connectivity index (χ3n) is 2.94. The second-order valence-electron chi connectivity index (χ2n) is 5.52. The molecule has 1 heterocycles. The third kappa shape index (κ3) is 2.23. The Labute approximate surface area is 101 Å². The van der Waals surface area contributed by atoms with Gasteiger partial charge < -0.3 is 10.0 Å². The molecule has 0 aromatic carbocycles. The molecule has 1 aromatic heterocycles. The SMILES string of the molecule is CN(c1nc(C(C)(C)C)c(CO)s1)C1CC1. The average molecular weight is 240 g/mol. The number of aliphatic hydroxyl groups excluding tert-OH is 1. The van der Waals surface area contributed by atoms with Gasteiger partial charge in [-0.25, -0.2) is 4.98 Å². The zero-order chi connectivity index (χ0) is 11.9. The van der Waals surface area contributed by atoms with Crippen LogP contribution in [0.15, 0.2) is 0 Å². The molecular formula is C12H20N2OS. The molecule has 0 radical (unpaired) electrons. The summed E-state index contributed by atoms with van der Waals surface area (Å²) in [5.74, 6) is 0. The van der Waals surface area contributed by atoms with E-state index in [0.717, 1.165) is 15.7 Å². The quantitative estimate of drug-likeness (QED) is 0.882. The molecule has 0 unspecified atom stereocenters. The summed E-state index contributed by atoms with van der Waals surface area (Å²) in [7, 11) is 2.10. The third-order valence-corrected chi connectivity index (χ3v) is 4.07. The van der Waals surface area contributed by atoms with Crippen LogP contribution < -0.4 is 4.90 Å². The minimum Gasteiger partial charge on any atom is -0.391 e. The number of rotatable bonds is 3. The molecule has 1 aliphatic rings. The van der Waals surface area contributed by atoms with Crippen LogP contribution in [0.3, 0.4) is 0 Å². The zero-order valence-corrected chi connectivity index (χ0v) is 11.3. The normalized spacial score (nSPS) is 16.6. The molecule has 1 fully saturated rings.